The summed E-state index contributed by atoms with van der Waals surface area (Å²) in [5, 5.41) is 4.30. The van der Waals surface area contributed by atoms with Crippen molar-refractivity contribution in [1.29, 1.82) is 0 Å². The van der Waals surface area contributed by atoms with Gasteiger partial charge in [0.15, 0.2) is 0 Å². The Hall–Kier alpha value is -3.27. The molecule has 2 aliphatic rings. The first-order valence-electron chi connectivity index (χ1n) is 12.8. The minimum absolute atomic E-state index is 0.0487. The van der Waals surface area contributed by atoms with E-state index in [-0.39, 0.29) is 11.5 Å². The number of methoxy groups -OCH3 is 2. The third-order valence-electron chi connectivity index (χ3n) is 7.06. The van der Waals surface area contributed by atoms with E-state index in [0.717, 1.165) is 65.0 Å². The Morgan fingerprint density at radius 1 is 1.05 bits per heavy atom. The Labute approximate surface area is 231 Å². The van der Waals surface area contributed by atoms with Crippen LogP contribution in [0.1, 0.15) is 33.6 Å². The van der Waals surface area contributed by atoms with Gasteiger partial charge in [0, 0.05) is 47.5 Å². The number of halogens is 1. The highest BCUT2D eigenvalue weighted by atomic mass is 79.9. The van der Waals surface area contributed by atoms with Gasteiger partial charge in [0.05, 0.1) is 31.1 Å². The molecule has 0 unspecified atom stereocenters. The summed E-state index contributed by atoms with van der Waals surface area (Å²) in [7, 11) is 3.32. The van der Waals surface area contributed by atoms with Crippen LogP contribution in [0.2, 0.25) is 0 Å². The first kappa shape index (κ1) is 26.3. The Bertz CT molecular complexity index is 1350. The van der Waals surface area contributed by atoms with E-state index in [4.69, 9.17) is 14.2 Å². The first-order chi connectivity index (χ1) is 18.1. The molecule has 10 heteroatoms. The highest BCUT2D eigenvalue weighted by Crippen LogP contribution is 2.46. The molecule has 3 aromatic rings. The molecule has 0 aliphatic carbocycles. The molecule has 1 aromatic heterocycles. The quantitative estimate of drug-likeness (QED) is 0.391. The number of hydrogen-bond acceptors (Lipinski definition) is 8. The Kier molecular flexibility index (Phi) is 7.02. The molecular formula is C28H34BrN5O4. The molecule has 2 aliphatic heterocycles. The van der Waals surface area contributed by atoms with E-state index >= 15 is 0 Å². The van der Waals surface area contributed by atoms with Crippen LogP contribution in [0, 0.1) is 5.41 Å². The predicted molar refractivity (Wildman–Crippen MR) is 152 cm³/mol. The van der Waals surface area contributed by atoms with Crippen LogP contribution < -0.4 is 19.7 Å². The molecule has 0 bridgehead atoms. The summed E-state index contributed by atoms with van der Waals surface area (Å²) in [6, 6.07) is 9.82. The average molecular weight is 585 g/mol. The van der Waals surface area contributed by atoms with E-state index < -0.39 is 5.60 Å². The van der Waals surface area contributed by atoms with Gasteiger partial charge in [-0.25, -0.2) is 14.8 Å². The zero-order chi connectivity index (χ0) is 27.1. The number of nitrogens with zero attached hydrogens (tertiary/aromatic N) is 4. The maximum absolute atomic E-state index is 12.7. The molecule has 1 spiro atoms. The summed E-state index contributed by atoms with van der Waals surface area (Å²) in [4.78, 5) is 25.9. The highest BCUT2D eigenvalue weighted by molar-refractivity contribution is 9.10. The molecule has 1 amide bonds. The lowest BCUT2D eigenvalue weighted by Gasteiger charge is -2.55. The number of rotatable bonds is 5. The van der Waals surface area contributed by atoms with Gasteiger partial charge in [0.1, 0.15) is 29.2 Å². The topological polar surface area (TPSA) is 89.0 Å². The molecule has 0 saturated carbocycles. The number of nitrogens with one attached hydrogen (secondary N) is 1. The molecule has 2 aromatic carbocycles. The van der Waals surface area contributed by atoms with Crippen molar-refractivity contribution < 1.29 is 19.0 Å². The van der Waals surface area contributed by atoms with E-state index in [1.807, 2.05) is 49.9 Å². The van der Waals surface area contributed by atoms with Gasteiger partial charge in [0.25, 0.3) is 0 Å². The van der Waals surface area contributed by atoms with E-state index in [0.29, 0.717) is 18.1 Å². The number of likely N-dealkylation sites (tertiary alicyclic amines) is 1. The second kappa shape index (κ2) is 10.1. The molecule has 0 atom stereocenters. The van der Waals surface area contributed by atoms with Crippen LogP contribution in [0.5, 0.6) is 11.5 Å². The van der Waals surface area contributed by atoms with Gasteiger partial charge in [-0.3, -0.25) is 0 Å². The fraction of sp³-hybridized carbons (Fsp3) is 0.464. The first-order valence-corrected chi connectivity index (χ1v) is 13.6. The third-order valence-corrected chi connectivity index (χ3v) is 7.55. The van der Waals surface area contributed by atoms with Gasteiger partial charge in [-0.15, -0.1) is 0 Å². The van der Waals surface area contributed by atoms with Crippen LogP contribution in [0.15, 0.2) is 41.1 Å². The Morgan fingerprint density at radius 2 is 1.82 bits per heavy atom. The monoisotopic (exact) mass is 583 g/mol. The van der Waals surface area contributed by atoms with E-state index in [1.54, 1.807) is 20.5 Å². The minimum atomic E-state index is -0.501. The van der Waals surface area contributed by atoms with Crippen molar-refractivity contribution >= 4 is 50.1 Å². The number of fused-ring (bicyclic) bond motifs is 1. The van der Waals surface area contributed by atoms with Crippen LogP contribution in [0.3, 0.4) is 0 Å². The fourth-order valence-electron chi connectivity index (χ4n) is 5.37. The molecule has 9 nitrogen and oxygen atoms in total. The number of piperidine rings is 1. The van der Waals surface area contributed by atoms with Crippen molar-refractivity contribution in [3.8, 4) is 11.5 Å². The molecule has 3 heterocycles. The molecule has 38 heavy (non-hydrogen) atoms. The lowest BCUT2D eigenvalue weighted by Crippen LogP contribution is -2.64. The van der Waals surface area contributed by atoms with Gasteiger partial charge in [0.2, 0.25) is 0 Å². The lowest BCUT2D eigenvalue weighted by molar-refractivity contribution is -0.00151. The van der Waals surface area contributed by atoms with Gasteiger partial charge in [-0.2, -0.15) is 0 Å². The van der Waals surface area contributed by atoms with Crippen molar-refractivity contribution in [2.75, 3.05) is 50.6 Å². The third kappa shape index (κ3) is 5.32. The summed E-state index contributed by atoms with van der Waals surface area (Å²) < 4.78 is 17.9. The fourth-order valence-corrected chi connectivity index (χ4v) is 5.73. The average Bonchev–Trinajstić information content (AvgIpc) is 2.86. The Morgan fingerprint density at radius 3 is 2.53 bits per heavy atom. The zero-order valence-corrected chi connectivity index (χ0v) is 24.1. The maximum Gasteiger partial charge on any atom is 0.410 e. The Balaban J connectivity index is 1.40. The van der Waals surface area contributed by atoms with Crippen LogP contribution in [-0.4, -0.2) is 67.0 Å². The van der Waals surface area contributed by atoms with Gasteiger partial charge < -0.3 is 29.3 Å². The highest BCUT2D eigenvalue weighted by Gasteiger charge is 2.47. The molecule has 1 N–H and O–H groups in total. The smallest absolute Gasteiger partial charge is 0.410 e. The minimum Gasteiger partial charge on any atom is -0.495 e. The van der Waals surface area contributed by atoms with Crippen LogP contribution in [0.4, 0.5) is 22.0 Å². The normalized spacial score (nSPS) is 16.8. The van der Waals surface area contributed by atoms with E-state index in [2.05, 4.69) is 42.2 Å². The van der Waals surface area contributed by atoms with Crippen molar-refractivity contribution in [2.45, 2.75) is 39.2 Å². The van der Waals surface area contributed by atoms with Crippen molar-refractivity contribution in [3.63, 3.8) is 0 Å². The van der Waals surface area contributed by atoms with E-state index in [1.165, 1.54) is 0 Å². The number of ether oxygens (including phenoxy) is 3. The number of benzene rings is 2. The van der Waals surface area contributed by atoms with Gasteiger partial charge in [-0.1, -0.05) is 15.9 Å². The molecular weight excluding hydrogens is 550 g/mol. The van der Waals surface area contributed by atoms with Gasteiger partial charge in [-0.05, 0) is 57.9 Å². The maximum atomic E-state index is 12.7. The summed E-state index contributed by atoms with van der Waals surface area (Å²) in [5.74, 6) is 2.15. The van der Waals surface area contributed by atoms with Crippen LogP contribution in [-0.2, 0) is 4.74 Å². The summed E-state index contributed by atoms with van der Waals surface area (Å²) in [6.45, 7) is 8.83. The zero-order valence-electron chi connectivity index (χ0n) is 22.5. The van der Waals surface area contributed by atoms with E-state index in [9.17, 15) is 4.79 Å². The van der Waals surface area contributed by atoms with Crippen molar-refractivity contribution in [3.05, 3.63) is 41.1 Å². The molecule has 0 radical (unpaired) electrons. The number of aromatic nitrogens is 2. The lowest BCUT2D eigenvalue weighted by atomic mass is 9.73. The number of carbonyl (C=O) groups excluding carboxylic acids is 1. The molecule has 2 fully saturated rings. The van der Waals surface area contributed by atoms with Crippen LogP contribution >= 0.6 is 15.9 Å². The molecule has 5 rings (SSSR count). The summed E-state index contributed by atoms with van der Waals surface area (Å²) in [5.41, 5.74) is 2.11. The van der Waals surface area contributed by atoms with Crippen molar-refractivity contribution in [1.82, 2.24) is 14.9 Å². The number of hydrogen-bond donors (Lipinski definition) is 1. The SMILES string of the molecule is COc1ccc(Br)cc1Nc1ncnc2cc(OC)c(N3CC4(CCCN(C(=O)OC(C)(C)C)C4)C3)cc12. The second-order valence-corrected chi connectivity index (χ2v) is 12.0. The summed E-state index contributed by atoms with van der Waals surface area (Å²) >= 11 is 3.53. The van der Waals surface area contributed by atoms with Crippen LogP contribution in [0.25, 0.3) is 10.9 Å². The number of amides is 1. The molecule has 202 valence electrons. The number of anilines is 3. The summed E-state index contributed by atoms with van der Waals surface area (Å²) in [6.07, 6.45) is 3.37. The van der Waals surface area contributed by atoms with Crippen molar-refractivity contribution in [2.24, 2.45) is 5.41 Å². The van der Waals surface area contributed by atoms with Gasteiger partial charge >= 0.3 is 6.09 Å². The standard InChI is InChI=1S/C28H34BrN5O4/c1-27(2,3)38-26(35)33-10-6-9-28(14-33)15-34(16-28)22-12-19-20(13-24(22)37-5)30-17-31-25(19)32-21-11-18(29)7-8-23(21)36-4/h7-8,11-13,17H,6,9-10,14-16H2,1-5H3,(H,30,31,32). The predicted octanol–water partition coefficient (Wildman–Crippen LogP) is 5.99. The molecule has 2 saturated heterocycles. The second-order valence-electron chi connectivity index (χ2n) is 11.1. The number of carbonyl (C=O) groups is 1. The largest absolute Gasteiger partial charge is 0.495 e.